The first-order chi connectivity index (χ1) is 10.2. The Kier molecular flexibility index (Phi) is 5.92. The number of hydrogen-bond acceptors (Lipinski definition) is 6. The molecule has 0 amide bonds. The minimum atomic E-state index is -5.18. The van der Waals surface area contributed by atoms with Crippen molar-refractivity contribution < 1.29 is 40.8 Å². The molecule has 120 valence electrons. The van der Waals surface area contributed by atoms with Crippen LogP contribution in [0.15, 0.2) is 17.0 Å². The third-order valence-corrected chi connectivity index (χ3v) is 3.42. The van der Waals surface area contributed by atoms with Crippen LogP contribution in [0.4, 0.5) is 13.2 Å². The van der Waals surface area contributed by atoms with Crippen molar-refractivity contribution in [3.8, 4) is 11.8 Å². The van der Waals surface area contributed by atoms with Gasteiger partial charge in [-0.3, -0.25) is 4.79 Å². The lowest BCUT2D eigenvalue weighted by molar-refractivity contribution is -0.135. The van der Waals surface area contributed by atoms with E-state index in [1.807, 2.05) is 11.8 Å². The monoisotopic (exact) mass is 338 g/mol. The van der Waals surface area contributed by atoms with Crippen LogP contribution in [0.3, 0.4) is 0 Å². The van der Waals surface area contributed by atoms with Crippen molar-refractivity contribution in [1.29, 1.82) is 0 Å². The van der Waals surface area contributed by atoms with Gasteiger partial charge in [-0.1, -0.05) is 11.8 Å². The van der Waals surface area contributed by atoms with E-state index in [1.165, 1.54) is 0 Å². The number of benzene rings is 1. The minimum absolute atomic E-state index is 0.103. The molecule has 6 nitrogen and oxygen atoms in total. The van der Waals surface area contributed by atoms with Crippen molar-refractivity contribution in [3.63, 3.8) is 0 Å². The zero-order chi connectivity index (χ0) is 16.9. The summed E-state index contributed by atoms with van der Waals surface area (Å²) < 4.78 is 66.5. The Labute approximate surface area is 123 Å². The van der Waals surface area contributed by atoms with Crippen molar-refractivity contribution in [1.82, 2.24) is 0 Å². The van der Waals surface area contributed by atoms with Gasteiger partial charge in [0.1, 0.15) is 18.5 Å². The molecule has 2 N–H and O–H groups in total. The van der Waals surface area contributed by atoms with E-state index in [0.717, 1.165) is 0 Å². The standard InChI is InChI=1S/C12H9F3O6S/c13-7-4-9(14)12(10(15)5-7)22(19,20)21-11(18)6-8(17)2-1-3-16/h4-5,8,16-17H,3,6H2. The molecule has 0 saturated heterocycles. The third kappa shape index (κ3) is 4.73. The molecule has 0 bridgehead atoms. The Balaban J connectivity index is 2.95. The van der Waals surface area contributed by atoms with Crippen LogP contribution in [0, 0.1) is 29.3 Å². The summed E-state index contributed by atoms with van der Waals surface area (Å²) in [6, 6.07) is 0.205. The maximum atomic E-state index is 13.3. The summed E-state index contributed by atoms with van der Waals surface area (Å²) in [6.07, 6.45) is -2.56. The fraction of sp³-hybridized carbons (Fsp3) is 0.250. The molecule has 0 aliphatic heterocycles. The Morgan fingerprint density at radius 3 is 2.32 bits per heavy atom. The fourth-order valence-corrected chi connectivity index (χ4v) is 2.33. The minimum Gasteiger partial charge on any atom is -0.384 e. The van der Waals surface area contributed by atoms with Crippen LogP contribution in [0.1, 0.15) is 6.42 Å². The largest absolute Gasteiger partial charge is 0.384 e. The molecule has 0 spiro atoms. The van der Waals surface area contributed by atoms with Gasteiger partial charge in [0.25, 0.3) is 0 Å². The van der Waals surface area contributed by atoms with Gasteiger partial charge in [-0.05, 0) is 0 Å². The first-order valence-corrected chi connectivity index (χ1v) is 6.97. The van der Waals surface area contributed by atoms with E-state index >= 15 is 0 Å². The highest BCUT2D eigenvalue weighted by Crippen LogP contribution is 2.22. The topological polar surface area (TPSA) is 101 Å². The summed E-state index contributed by atoms with van der Waals surface area (Å²) in [5.74, 6) is -2.45. The maximum Gasteiger partial charge on any atom is 0.347 e. The Morgan fingerprint density at radius 2 is 1.82 bits per heavy atom. The van der Waals surface area contributed by atoms with Crippen LogP contribution >= 0.6 is 0 Å². The predicted octanol–water partition coefficient (Wildman–Crippen LogP) is 0.0825. The zero-order valence-corrected chi connectivity index (χ0v) is 11.5. The van der Waals surface area contributed by atoms with Gasteiger partial charge in [0.05, 0.1) is 6.42 Å². The van der Waals surface area contributed by atoms with Crippen molar-refractivity contribution >= 4 is 16.1 Å². The van der Waals surface area contributed by atoms with Gasteiger partial charge in [0, 0.05) is 12.1 Å². The van der Waals surface area contributed by atoms with Crippen LogP contribution in [0.25, 0.3) is 0 Å². The van der Waals surface area contributed by atoms with Gasteiger partial charge in [-0.2, -0.15) is 8.42 Å². The molecule has 0 aliphatic carbocycles. The number of aliphatic hydroxyl groups excluding tert-OH is 2. The molecular weight excluding hydrogens is 329 g/mol. The van der Waals surface area contributed by atoms with E-state index < -0.39 is 57.6 Å². The van der Waals surface area contributed by atoms with Crippen molar-refractivity contribution in [2.45, 2.75) is 17.4 Å². The van der Waals surface area contributed by atoms with Crippen LogP contribution in [-0.2, 0) is 19.1 Å². The second-order valence-corrected chi connectivity index (χ2v) is 5.29. The highest BCUT2D eigenvalue weighted by molar-refractivity contribution is 7.87. The molecule has 0 aromatic heterocycles. The van der Waals surface area contributed by atoms with Gasteiger partial charge in [-0.15, -0.1) is 0 Å². The molecule has 1 atom stereocenters. The lowest BCUT2D eigenvalue weighted by Crippen LogP contribution is -2.20. The van der Waals surface area contributed by atoms with Crippen molar-refractivity contribution in [2.75, 3.05) is 6.61 Å². The van der Waals surface area contributed by atoms with Gasteiger partial charge >= 0.3 is 16.1 Å². The van der Waals surface area contributed by atoms with E-state index in [2.05, 4.69) is 4.18 Å². The molecule has 0 saturated carbocycles. The number of halogens is 3. The van der Waals surface area contributed by atoms with Crippen molar-refractivity contribution in [2.24, 2.45) is 0 Å². The van der Waals surface area contributed by atoms with Gasteiger partial charge in [-0.25, -0.2) is 13.2 Å². The van der Waals surface area contributed by atoms with Gasteiger partial charge in [0.2, 0.25) is 0 Å². The first kappa shape index (κ1) is 18.0. The van der Waals surface area contributed by atoms with E-state index in [-0.39, 0.29) is 12.1 Å². The molecule has 0 fully saturated rings. The number of carbonyl (C=O) groups excluding carboxylic acids is 1. The average molecular weight is 338 g/mol. The molecule has 0 aliphatic rings. The van der Waals surface area contributed by atoms with E-state index in [9.17, 15) is 31.5 Å². The predicted molar refractivity (Wildman–Crippen MR) is 65.1 cm³/mol. The normalized spacial score (nSPS) is 12.2. The maximum absolute atomic E-state index is 13.3. The van der Waals surface area contributed by atoms with Crippen LogP contribution in [-0.4, -0.2) is 37.3 Å². The molecular formula is C12H9F3O6S. The van der Waals surface area contributed by atoms with Gasteiger partial charge in [0.15, 0.2) is 16.5 Å². The summed E-state index contributed by atoms with van der Waals surface area (Å²) in [5, 5.41) is 17.5. The highest BCUT2D eigenvalue weighted by Gasteiger charge is 2.29. The second-order valence-electron chi connectivity index (χ2n) is 3.81. The Hall–Kier alpha value is -2.09. The molecule has 1 unspecified atom stereocenters. The van der Waals surface area contributed by atoms with Crippen molar-refractivity contribution in [3.05, 3.63) is 29.6 Å². The lowest BCUT2D eigenvalue weighted by atomic mass is 10.2. The van der Waals surface area contributed by atoms with Gasteiger partial charge < -0.3 is 14.4 Å². The summed E-state index contributed by atoms with van der Waals surface area (Å²) in [6.45, 7) is -0.601. The average Bonchev–Trinajstić information content (AvgIpc) is 2.33. The Bertz CT molecular complexity index is 712. The molecule has 10 heteroatoms. The molecule has 0 heterocycles. The molecule has 1 rings (SSSR count). The summed E-state index contributed by atoms with van der Waals surface area (Å²) in [4.78, 5) is 9.66. The zero-order valence-electron chi connectivity index (χ0n) is 10.7. The number of carbonyl (C=O) groups is 1. The Morgan fingerprint density at radius 1 is 1.27 bits per heavy atom. The SMILES string of the molecule is O=C(CC(O)C#CCO)OS(=O)(=O)c1c(F)cc(F)cc1F. The van der Waals surface area contributed by atoms with Crippen LogP contribution < -0.4 is 0 Å². The third-order valence-electron chi connectivity index (χ3n) is 2.12. The van der Waals surface area contributed by atoms with E-state index in [0.29, 0.717) is 0 Å². The molecule has 22 heavy (non-hydrogen) atoms. The fourth-order valence-electron chi connectivity index (χ4n) is 1.34. The molecule has 1 aromatic carbocycles. The molecule has 1 aromatic rings. The highest BCUT2D eigenvalue weighted by atomic mass is 32.2. The van der Waals surface area contributed by atoms with E-state index in [1.54, 1.807) is 0 Å². The summed E-state index contributed by atoms with van der Waals surface area (Å²) >= 11 is 0. The first-order valence-electron chi connectivity index (χ1n) is 5.56. The number of aliphatic hydroxyl groups is 2. The second kappa shape index (κ2) is 7.26. The van der Waals surface area contributed by atoms with Crippen LogP contribution in [0.2, 0.25) is 0 Å². The smallest absolute Gasteiger partial charge is 0.347 e. The quantitative estimate of drug-likeness (QED) is 0.596. The lowest BCUT2D eigenvalue weighted by Gasteiger charge is -2.08. The summed E-state index contributed by atoms with van der Waals surface area (Å²) in [7, 11) is -5.18. The van der Waals surface area contributed by atoms with Crippen LogP contribution in [0.5, 0.6) is 0 Å². The number of rotatable bonds is 4. The van der Waals surface area contributed by atoms with E-state index in [4.69, 9.17) is 5.11 Å². The summed E-state index contributed by atoms with van der Waals surface area (Å²) in [5.41, 5.74) is 0. The molecule has 0 radical (unpaired) electrons. The number of hydrogen-bond donors (Lipinski definition) is 2.